The molecule has 206 valence electrons. The third-order valence-corrected chi connectivity index (χ3v) is 5.48. The van der Waals surface area contributed by atoms with Crippen LogP contribution in [0.3, 0.4) is 0 Å². The SMILES string of the molecule is CC.CCC.CCCC.CN.Cc1cccc(-c2nc(-c3ccccn3)cc(-c3ccccc3Cl)n2)c1C. The highest BCUT2D eigenvalue weighted by molar-refractivity contribution is 6.33. The molecule has 0 saturated carbocycles. The van der Waals surface area contributed by atoms with Gasteiger partial charge in [0.15, 0.2) is 5.82 Å². The zero-order valence-corrected chi connectivity index (χ0v) is 25.6. The summed E-state index contributed by atoms with van der Waals surface area (Å²) < 4.78 is 0. The van der Waals surface area contributed by atoms with E-state index < -0.39 is 0 Å². The van der Waals surface area contributed by atoms with Crippen LogP contribution >= 0.6 is 11.6 Å². The van der Waals surface area contributed by atoms with Gasteiger partial charge < -0.3 is 5.73 Å². The molecular weight excluding hydrogens is 488 g/mol. The molecule has 4 nitrogen and oxygen atoms in total. The Morgan fingerprint density at radius 1 is 0.684 bits per heavy atom. The second-order valence-corrected chi connectivity index (χ2v) is 8.52. The first-order valence-electron chi connectivity index (χ1n) is 13.7. The number of halogens is 1. The lowest BCUT2D eigenvalue weighted by molar-refractivity contribution is 0.886. The topological polar surface area (TPSA) is 64.7 Å². The van der Waals surface area contributed by atoms with Gasteiger partial charge >= 0.3 is 0 Å². The van der Waals surface area contributed by atoms with E-state index >= 15 is 0 Å². The van der Waals surface area contributed by atoms with Crippen LogP contribution in [-0.2, 0) is 0 Å². The second-order valence-electron chi connectivity index (χ2n) is 8.11. The van der Waals surface area contributed by atoms with E-state index in [1.165, 1.54) is 37.4 Å². The number of benzene rings is 2. The molecule has 0 fully saturated rings. The maximum atomic E-state index is 6.44. The van der Waals surface area contributed by atoms with Gasteiger partial charge in [0.2, 0.25) is 0 Å². The smallest absolute Gasteiger partial charge is 0.160 e. The van der Waals surface area contributed by atoms with Crippen molar-refractivity contribution < 1.29 is 0 Å². The van der Waals surface area contributed by atoms with Crippen LogP contribution in [0, 0.1) is 13.8 Å². The molecule has 0 atom stereocenters. The molecule has 38 heavy (non-hydrogen) atoms. The molecule has 0 radical (unpaired) electrons. The summed E-state index contributed by atoms with van der Waals surface area (Å²) >= 11 is 6.44. The first-order chi connectivity index (χ1) is 18.5. The van der Waals surface area contributed by atoms with Gasteiger partial charge in [0, 0.05) is 22.3 Å². The molecule has 0 saturated heterocycles. The van der Waals surface area contributed by atoms with Gasteiger partial charge in [-0.1, -0.05) is 115 Å². The highest BCUT2D eigenvalue weighted by Gasteiger charge is 2.14. The Morgan fingerprint density at radius 3 is 1.79 bits per heavy atom. The summed E-state index contributed by atoms with van der Waals surface area (Å²) in [5.74, 6) is 0.675. The number of rotatable bonds is 4. The summed E-state index contributed by atoms with van der Waals surface area (Å²) in [6.07, 6.45) is 5.66. The largest absolute Gasteiger partial charge is 0.333 e. The summed E-state index contributed by atoms with van der Waals surface area (Å²) in [7, 11) is 1.50. The number of unbranched alkanes of at least 4 members (excludes halogenated alkanes) is 1. The third-order valence-electron chi connectivity index (χ3n) is 5.15. The molecule has 2 heterocycles. The Hall–Kier alpha value is -3.08. The minimum atomic E-state index is 0.662. The highest BCUT2D eigenvalue weighted by atomic mass is 35.5. The number of hydrogen-bond donors (Lipinski definition) is 1. The molecule has 2 N–H and O–H groups in total. The number of pyridine rings is 1. The average Bonchev–Trinajstić information content (AvgIpc) is 2.97. The summed E-state index contributed by atoms with van der Waals surface area (Å²) in [6, 6.07) is 21.6. The van der Waals surface area contributed by atoms with Gasteiger partial charge in [-0.2, -0.15) is 0 Å². The van der Waals surface area contributed by atoms with Crippen LogP contribution in [0.15, 0.2) is 72.9 Å². The van der Waals surface area contributed by atoms with Crippen molar-refractivity contribution in [1.29, 1.82) is 0 Å². The van der Waals surface area contributed by atoms with Gasteiger partial charge in [-0.05, 0) is 56.3 Å². The average molecular weight is 535 g/mol. The molecular formula is C33H47ClN4. The van der Waals surface area contributed by atoms with Crippen LogP contribution in [0.5, 0.6) is 0 Å². The Balaban J connectivity index is 0.00000108. The molecule has 4 rings (SSSR count). The van der Waals surface area contributed by atoms with Crippen molar-refractivity contribution in [1.82, 2.24) is 15.0 Å². The molecule has 0 amide bonds. The standard InChI is InChI=1S/C23H18ClN3.C4H10.C3H8.C2H6.CH5N/c1-15-8-7-10-17(16(15)2)23-26-21(18-9-3-4-11-19(18)24)14-22(27-23)20-12-5-6-13-25-20;1-3-4-2;1-3-2;2*1-2/h3-14H,1-2H3;3-4H2,1-2H3;3H2,1-2H3;1-2H3;2H2,1H3. The molecule has 0 aliphatic heterocycles. The summed E-state index contributed by atoms with van der Waals surface area (Å²) in [5.41, 5.74) is 11.1. The van der Waals surface area contributed by atoms with Gasteiger partial charge in [-0.25, -0.2) is 9.97 Å². The van der Waals surface area contributed by atoms with Crippen molar-refractivity contribution in [3.63, 3.8) is 0 Å². The predicted molar refractivity (Wildman–Crippen MR) is 169 cm³/mol. The second kappa shape index (κ2) is 20.9. The number of nitrogens with zero attached hydrogens (tertiary/aromatic N) is 3. The maximum absolute atomic E-state index is 6.44. The molecule has 2 aromatic carbocycles. The lowest BCUT2D eigenvalue weighted by Crippen LogP contribution is -1.99. The highest BCUT2D eigenvalue weighted by Crippen LogP contribution is 2.31. The Bertz CT molecular complexity index is 1160. The lowest BCUT2D eigenvalue weighted by atomic mass is 10.0. The monoisotopic (exact) mass is 534 g/mol. The normalized spacial score (nSPS) is 9.24. The predicted octanol–water partition coefficient (Wildman–Crippen LogP) is 9.97. The molecule has 0 aliphatic rings. The van der Waals surface area contributed by atoms with E-state index in [9.17, 15) is 0 Å². The third kappa shape index (κ3) is 11.1. The molecule has 5 heteroatoms. The van der Waals surface area contributed by atoms with Crippen molar-refractivity contribution >= 4 is 11.6 Å². The zero-order chi connectivity index (χ0) is 28.9. The van der Waals surface area contributed by atoms with E-state index in [1.54, 1.807) is 6.20 Å². The molecule has 0 bridgehead atoms. The van der Waals surface area contributed by atoms with Gasteiger partial charge in [-0.15, -0.1) is 0 Å². The van der Waals surface area contributed by atoms with E-state index in [0.29, 0.717) is 10.8 Å². The molecule has 2 aromatic heterocycles. The van der Waals surface area contributed by atoms with E-state index in [4.69, 9.17) is 21.6 Å². The Kier molecular flexibility index (Phi) is 19.2. The molecule has 0 unspecified atom stereocenters. The first kappa shape index (κ1) is 34.9. The summed E-state index contributed by atoms with van der Waals surface area (Å²) in [4.78, 5) is 14.1. The maximum Gasteiger partial charge on any atom is 0.160 e. The number of aryl methyl sites for hydroxylation is 1. The van der Waals surface area contributed by atoms with Gasteiger partial charge in [0.1, 0.15) is 0 Å². The van der Waals surface area contributed by atoms with Crippen molar-refractivity contribution in [2.45, 2.75) is 74.7 Å². The number of hydrogen-bond acceptors (Lipinski definition) is 4. The van der Waals surface area contributed by atoms with E-state index in [0.717, 1.165) is 28.2 Å². The van der Waals surface area contributed by atoms with Crippen LogP contribution in [0.4, 0.5) is 0 Å². The van der Waals surface area contributed by atoms with Crippen LogP contribution in [0.1, 0.15) is 71.9 Å². The van der Waals surface area contributed by atoms with E-state index in [1.807, 2.05) is 68.4 Å². The fourth-order valence-corrected chi connectivity index (χ4v) is 3.25. The quantitative estimate of drug-likeness (QED) is 0.283. The minimum Gasteiger partial charge on any atom is -0.333 e. The van der Waals surface area contributed by atoms with Crippen molar-refractivity contribution in [3.05, 3.63) is 89.1 Å². The van der Waals surface area contributed by atoms with Gasteiger partial charge in [-0.3, -0.25) is 4.98 Å². The van der Waals surface area contributed by atoms with E-state index in [2.05, 4.69) is 64.4 Å². The minimum absolute atomic E-state index is 0.662. The number of nitrogens with two attached hydrogens (primary N) is 1. The van der Waals surface area contributed by atoms with Crippen LogP contribution in [-0.4, -0.2) is 22.0 Å². The van der Waals surface area contributed by atoms with Gasteiger partial charge in [0.25, 0.3) is 0 Å². The molecule has 4 aromatic rings. The van der Waals surface area contributed by atoms with Crippen LogP contribution < -0.4 is 5.73 Å². The van der Waals surface area contributed by atoms with E-state index in [-0.39, 0.29) is 0 Å². The van der Waals surface area contributed by atoms with Crippen molar-refractivity contribution in [3.8, 4) is 34.0 Å². The summed E-state index contributed by atoms with van der Waals surface area (Å²) in [6.45, 7) is 16.8. The van der Waals surface area contributed by atoms with Crippen molar-refractivity contribution in [2.24, 2.45) is 5.73 Å². The Morgan fingerprint density at radius 2 is 1.24 bits per heavy atom. The molecule has 0 aliphatic carbocycles. The summed E-state index contributed by atoms with van der Waals surface area (Å²) in [5, 5.41) is 0.662. The zero-order valence-electron chi connectivity index (χ0n) is 24.8. The first-order valence-corrected chi connectivity index (χ1v) is 14.0. The van der Waals surface area contributed by atoms with Crippen LogP contribution in [0.25, 0.3) is 34.0 Å². The fourth-order valence-electron chi connectivity index (χ4n) is 3.01. The molecule has 0 spiro atoms. The van der Waals surface area contributed by atoms with Crippen LogP contribution in [0.2, 0.25) is 5.02 Å². The lowest BCUT2D eigenvalue weighted by Gasteiger charge is -2.12. The fraction of sp³-hybridized carbons (Fsp3) is 0.364. The van der Waals surface area contributed by atoms with Gasteiger partial charge in [0.05, 0.1) is 17.1 Å². The Labute approximate surface area is 236 Å². The van der Waals surface area contributed by atoms with Crippen molar-refractivity contribution in [2.75, 3.05) is 7.05 Å². The number of aromatic nitrogens is 3.